The number of hydrogen-bond acceptors (Lipinski definition) is 10. The molecule has 0 aliphatic rings. The predicted octanol–water partition coefficient (Wildman–Crippen LogP) is 4.11. The Bertz CT molecular complexity index is 1120. The Hall–Kier alpha value is -2.56. The van der Waals surface area contributed by atoms with E-state index in [9.17, 15) is 19.8 Å². The minimum absolute atomic E-state index is 0.0898. The van der Waals surface area contributed by atoms with E-state index < -0.39 is 12.6 Å². The second kappa shape index (κ2) is 12.1. The maximum atomic E-state index is 11.7. The van der Waals surface area contributed by atoms with Gasteiger partial charge in [-0.1, -0.05) is 66.4 Å². The minimum atomic E-state index is -1.26. The minimum Gasteiger partial charge on any atom is -0.546 e. The van der Waals surface area contributed by atoms with Crippen LogP contribution < -0.4 is 9.84 Å². The number of benzene rings is 2. The van der Waals surface area contributed by atoms with Crippen molar-refractivity contribution in [3.05, 3.63) is 58.7 Å². The van der Waals surface area contributed by atoms with Crippen LogP contribution in [0.25, 0.3) is 0 Å². The zero-order valence-electron chi connectivity index (χ0n) is 18.2. The summed E-state index contributed by atoms with van der Waals surface area (Å²) in [4.78, 5) is 22.2. The molecule has 7 nitrogen and oxygen atoms in total. The molecule has 10 heteroatoms. The van der Waals surface area contributed by atoms with E-state index in [2.05, 4.69) is 10.2 Å². The number of Topliss-reactive ketones (excluding diaryl/α,β-unsaturated/α-hetero) is 1. The van der Waals surface area contributed by atoms with E-state index in [1.54, 1.807) is 41.7 Å². The van der Waals surface area contributed by atoms with Crippen LogP contribution in [0, 0.1) is 0 Å². The summed E-state index contributed by atoms with van der Waals surface area (Å²) >= 11 is 4.63. The van der Waals surface area contributed by atoms with E-state index in [-0.39, 0.29) is 11.5 Å². The number of phenols is 1. The van der Waals surface area contributed by atoms with Gasteiger partial charge in [-0.15, -0.1) is 10.2 Å². The zero-order chi connectivity index (χ0) is 23.8. The van der Waals surface area contributed by atoms with Gasteiger partial charge in [0.25, 0.3) is 0 Å². The van der Waals surface area contributed by atoms with Gasteiger partial charge in [0, 0.05) is 11.5 Å². The number of aromatic hydroxyl groups is 1. The van der Waals surface area contributed by atoms with Crippen LogP contribution in [0.5, 0.6) is 11.5 Å². The molecule has 1 heterocycles. The van der Waals surface area contributed by atoms with E-state index in [1.165, 1.54) is 18.3 Å². The van der Waals surface area contributed by atoms with E-state index in [0.717, 1.165) is 31.8 Å². The first-order chi connectivity index (χ1) is 15.9. The number of thioether (sulfide) groups is 2. The lowest BCUT2D eigenvalue weighted by molar-refractivity contribution is -0.307. The van der Waals surface area contributed by atoms with Crippen molar-refractivity contribution in [2.24, 2.45) is 0 Å². The average Bonchev–Trinajstić information content (AvgIpc) is 3.25. The molecule has 0 fully saturated rings. The highest BCUT2D eigenvalue weighted by Gasteiger charge is 2.16. The lowest BCUT2D eigenvalue weighted by Crippen LogP contribution is -2.28. The molecule has 174 valence electrons. The number of phenolic OH excluding ortho intramolecular Hbond substituents is 1. The standard InChI is InChI=1S/C23H24N2O5S3/c1-3-4-19-16(7-10-18(14(2)26)21(19)29)13-32-23-25-24-22(33-23)31-12-15-5-8-17(9-6-15)30-11-20(27)28/h5-10,29H,3-4,11-13H2,1-2H3,(H,27,28)/p-1. The number of aliphatic carboxylic acids is 1. The Kier molecular flexibility index (Phi) is 9.16. The van der Waals surface area contributed by atoms with E-state index in [1.807, 2.05) is 25.1 Å². The zero-order valence-corrected chi connectivity index (χ0v) is 20.6. The fourth-order valence-electron chi connectivity index (χ4n) is 3.05. The lowest BCUT2D eigenvalue weighted by atomic mass is 9.98. The van der Waals surface area contributed by atoms with Crippen LogP contribution >= 0.6 is 34.9 Å². The number of nitrogens with zero attached hydrogens (tertiary/aromatic N) is 2. The number of ketones is 1. The van der Waals surface area contributed by atoms with Gasteiger partial charge in [-0.3, -0.25) is 4.79 Å². The van der Waals surface area contributed by atoms with Crippen molar-refractivity contribution in [3.63, 3.8) is 0 Å². The van der Waals surface area contributed by atoms with Gasteiger partial charge >= 0.3 is 0 Å². The number of carboxylic acids is 1. The highest BCUT2D eigenvalue weighted by atomic mass is 32.2. The van der Waals surface area contributed by atoms with Gasteiger partial charge in [0.1, 0.15) is 18.1 Å². The van der Waals surface area contributed by atoms with Crippen molar-refractivity contribution in [3.8, 4) is 11.5 Å². The smallest absolute Gasteiger partial charge is 0.175 e. The molecule has 0 saturated heterocycles. The van der Waals surface area contributed by atoms with Crippen LogP contribution in [0.3, 0.4) is 0 Å². The molecule has 33 heavy (non-hydrogen) atoms. The van der Waals surface area contributed by atoms with Gasteiger partial charge in [-0.05, 0) is 48.2 Å². The average molecular weight is 504 g/mol. The molecule has 0 aliphatic carbocycles. The second-order valence-corrected chi connectivity index (χ2v) is 10.5. The molecule has 0 saturated carbocycles. The van der Waals surface area contributed by atoms with Crippen molar-refractivity contribution in [1.82, 2.24) is 10.2 Å². The third kappa shape index (κ3) is 7.21. The molecule has 0 spiro atoms. The topological polar surface area (TPSA) is 112 Å². The molecule has 0 unspecified atom stereocenters. The number of aromatic nitrogens is 2. The van der Waals surface area contributed by atoms with Gasteiger partial charge in [0.15, 0.2) is 14.5 Å². The fraction of sp³-hybridized carbons (Fsp3) is 0.304. The molecule has 0 radical (unpaired) electrons. The molecule has 3 aromatic rings. The van der Waals surface area contributed by atoms with Crippen LogP contribution in [-0.2, 0) is 22.7 Å². The Morgan fingerprint density at radius 1 is 1.06 bits per heavy atom. The maximum Gasteiger partial charge on any atom is 0.175 e. The Morgan fingerprint density at radius 3 is 2.33 bits per heavy atom. The van der Waals surface area contributed by atoms with Crippen LogP contribution in [0.1, 0.15) is 47.3 Å². The van der Waals surface area contributed by atoms with Crippen molar-refractivity contribution in [2.45, 2.75) is 46.9 Å². The summed E-state index contributed by atoms with van der Waals surface area (Å²) in [5, 5.41) is 29.5. The van der Waals surface area contributed by atoms with E-state index in [4.69, 9.17) is 4.74 Å². The molecule has 0 aliphatic heterocycles. The first-order valence-electron chi connectivity index (χ1n) is 10.2. The SMILES string of the molecule is CCCc1c(CSc2nnc(SCc3ccc(OCC(=O)[O-])cc3)s2)ccc(C(C)=O)c1O. The maximum absolute atomic E-state index is 11.7. The Labute approximate surface area is 204 Å². The van der Waals surface area contributed by atoms with Crippen LogP contribution in [0.2, 0.25) is 0 Å². The van der Waals surface area contributed by atoms with Crippen molar-refractivity contribution in [1.29, 1.82) is 0 Å². The van der Waals surface area contributed by atoms with Gasteiger partial charge in [0.05, 0.1) is 11.5 Å². The first kappa shape index (κ1) is 25.1. The van der Waals surface area contributed by atoms with Crippen molar-refractivity contribution in [2.75, 3.05) is 6.61 Å². The number of carboxylic acid groups (broad SMARTS) is 1. The predicted molar refractivity (Wildman–Crippen MR) is 128 cm³/mol. The highest BCUT2D eigenvalue weighted by molar-refractivity contribution is 8.02. The molecular weight excluding hydrogens is 480 g/mol. The molecular formula is C23H23N2O5S3-. The van der Waals surface area contributed by atoms with Crippen LogP contribution in [-0.4, -0.2) is 33.7 Å². The number of ether oxygens (including phenoxy) is 1. The third-order valence-electron chi connectivity index (χ3n) is 4.64. The first-order valence-corrected chi connectivity index (χ1v) is 13.0. The Balaban J connectivity index is 1.56. The second-order valence-electron chi connectivity index (χ2n) is 7.12. The fourth-order valence-corrected chi connectivity index (χ4v) is 6.05. The number of carbonyl (C=O) groups is 2. The highest BCUT2D eigenvalue weighted by Crippen LogP contribution is 2.35. The van der Waals surface area contributed by atoms with E-state index >= 15 is 0 Å². The van der Waals surface area contributed by atoms with E-state index in [0.29, 0.717) is 29.2 Å². The molecule has 1 aromatic heterocycles. The summed E-state index contributed by atoms with van der Waals surface area (Å²) in [7, 11) is 0. The third-order valence-corrected chi connectivity index (χ3v) is 7.95. The molecule has 2 aromatic carbocycles. The quantitative estimate of drug-likeness (QED) is 0.288. The largest absolute Gasteiger partial charge is 0.546 e. The molecule has 1 N–H and O–H groups in total. The van der Waals surface area contributed by atoms with Crippen LogP contribution in [0.15, 0.2) is 45.1 Å². The molecule has 0 atom stereocenters. The summed E-state index contributed by atoms with van der Waals surface area (Å²) in [5.41, 5.74) is 3.23. The van der Waals surface area contributed by atoms with Gasteiger partial charge in [-0.2, -0.15) is 0 Å². The summed E-state index contributed by atoms with van der Waals surface area (Å²) in [5.74, 6) is 0.495. The van der Waals surface area contributed by atoms with Crippen molar-refractivity contribution >= 4 is 46.6 Å². The number of carbonyl (C=O) groups excluding carboxylic acids is 2. The number of hydrogen-bond donors (Lipinski definition) is 1. The van der Waals surface area contributed by atoms with Gasteiger partial charge in [0.2, 0.25) is 0 Å². The molecule has 3 rings (SSSR count). The number of rotatable bonds is 12. The molecule has 0 amide bonds. The van der Waals surface area contributed by atoms with Gasteiger partial charge in [-0.25, -0.2) is 0 Å². The normalized spacial score (nSPS) is 10.8. The summed E-state index contributed by atoms with van der Waals surface area (Å²) < 4.78 is 6.76. The summed E-state index contributed by atoms with van der Waals surface area (Å²) in [6.45, 7) is 3.03. The molecule has 0 bridgehead atoms. The lowest BCUT2D eigenvalue weighted by Gasteiger charge is -2.12. The monoisotopic (exact) mass is 503 g/mol. The van der Waals surface area contributed by atoms with Gasteiger partial charge < -0.3 is 19.7 Å². The van der Waals surface area contributed by atoms with Crippen LogP contribution in [0.4, 0.5) is 0 Å². The Morgan fingerprint density at radius 2 is 1.73 bits per heavy atom. The van der Waals surface area contributed by atoms with Crippen molar-refractivity contribution < 1.29 is 24.5 Å². The summed E-state index contributed by atoms with van der Waals surface area (Å²) in [6, 6.07) is 10.8. The summed E-state index contributed by atoms with van der Waals surface area (Å²) in [6.07, 6.45) is 1.58.